The highest BCUT2D eigenvalue weighted by molar-refractivity contribution is 5.79. The molecule has 0 radical (unpaired) electrons. The molecule has 1 aliphatic heterocycles. The van der Waals surface area contributed by atoms with E-state index in [1.165, 1.54) is 0 Å². The number of nitrogens with zero attached hydrogens (tertiary/aromatic N) is 4. The van der Waals surface area contributed by atoms with Gasteiger partial charge in [-0.1, -0.05) is 25.1 Å². The molecule has 2 aromatic heterocycles. The molecule has 7 heteroatoms. The number of ether oxygens (including phenoxy) is 1. The van der Waals surface area contributed by atoms with Crippen LogP contribution < -0.4 is 5.32 Å². The molecule has 3 aromatic rings. The second kappa shape index (κ2) is 8.61. The third kappa shape index (κ3) is 4.40. The largest absolute Gasteiger partial charge is 0.373 e. The second-order valence-corrected chi connectivity index (χ2v) is 7.72. The molecule has 1 unspecified atom stereocenters. The Morgan fingerprint density at radius 1 is 1.34 bits per heavy atom. The van der Waals surface area contributed by atoms with Gasteiger partial charge in [0.1, 0.15) is 5.82 Å². The molecule has 1 aromatic carbocycles. The number of benzene rings is 1. The monoisotopic (exact) mass is 393 g/mol. The number of hydrogen-bond donors (Lipinski definition) is 1. The van der Waals surface area contributed by atoms with E-state index in [2.05, 4.69) is 26.9 Å². The molecule has 4 rings (SSSR count). The Kier molecular flexibility index (Phi) is 5.76. The van der Waals surface area contributed by atoms with E-state index in [1.807, 2.05) is 54.3 Å². The van der Waals surface area contributed by atoms with E-state index in [1.54, 1.807) is 12.4 Å². The van der Waals surface area contributed by atoms with E-state index in [9.17, 15) is 4.79 Å². The first-order valence-electron chi connectivity index (χ1n) is 10.1. The first-order chi connectivity index (χ1) is 14.1. The van der Waals surface area contributed by atoms with Gasteiger partial charge in [-0.2, -0.15) is 5.10 Å². The van der Waals surface area contributed by atoms with Crippen LogP contribution in [0.15, 0.2) is 55.1 Å². The lowest BCUT2D eigenvalue weighted by Gasteiger charge is -2.19. The Morgan fingerprint density at radius 2 is 2.17 bits per heavy atom. The molecule has 0 aliphatic carbocycles. The minimum Gasteiger partial charge on any atom is -0.373 e. The lowest BCUT2D eigenvalue weighted by Crippen LogP contribution is -2.36. The molecule has 29 heavy (non-hydrogen) atoms. The van der Waals surface area contributed by atoms with Gasteiger partial charge in [0.05, 0.1) is 23.9 Å². The molecule has 0 saturated carbocycles. The van der Waals surface area contributed by atoms with Crippen molar-refractivity contribution in [2.75, 3.05) is 13.2 Å². The molecule has 1 fully saturated rings. The van der Waals surface area contributed by atoms with Gasteiger partial charge in [-0.15, -0.1) is 0 Å². The predicted molar refractivity (Wildman–Crippen MR) is 110 cm³/mol. The number of carbonyl (C=O) groups excluding carboxylic acids is 1. The summed E-state index contributed by atoms with van der Waals surface area (Å²) >= 11 is 0. The average Bonchev–Trinajstić information content (AvgIpc) is 3.48. The van der Waals surface area contributed by atoms with Crippen LogP contribution in [-0.4, -0.2) is 38.4 Å². The Morgan fingerprint density at radius 3 is 2.93 bits per heavy atom. The summed E-state index contributed by atoms with van der Waals surface area (Å²) in [5.74, 6) is 1.16. The molecular formula is C22H27N5O2. The van der Waals surface area contributed by atoms with Crippen LogP contribution in [0.4, 0.5) is 0 Å². The number of imidazole rings is 1. The van der Waals surface area contributed by atoms with Gasteiger partial charge < -0.3 is 14.6 Å². The number of hydrogen-bond acceptors (Lipinski definition) is 4. The Labute approximate surface area is 170 Å². The quantitative estimate of drug-likeness (QED) is 0.670. The van der Waals surface area contributed by atoms with E-state index < -0.39 is 0 Å². The molecule has 7 nitrogen and oxygen atoms in total. The molecule has 1 amide bonds. The van der Waals surface area contributed by atoms with Crippen molar-refractivity contribution >= 4 is 5.91 Å². The number of carbonyl (C=O) groups is 1. The normalized spacial score (nSPS) is 19.9. The highest BCUT2D eigenvalue weighted by Crippen LogP contribution is 2.34. The second-order valence-electron chi connectivity index (χ2n) is 7.72. The van der Waals surface area contributed by atoms with Crippen LogP contribution in [0, 0.1) is 18.8 Å². The number of aromatic nitrogens is 4. The zero-order chi connectivity index (χ0) is 20.2. The summed E-state index contributed by atoms with van der Waals surface area (Å²) in [5.41, 5.74) is 1.93. The summed E-state index contributed by atoms with van der Waals surface area (Å²) in [5, 5.41) is 7.56. The van der Waals surface area contributed by atoms with Crippen LogP contribution in [0.3, 0.4) is 0 Å². The van der Waals surface area contributed by atoms with Crippen molar-refractivity contribution in [1.29, 1.82) is 0 Å². The number of nitrogens with one attached hydrogen (secondary N) is 1. The van der Waals surface area contributed by atoms with E-state index in [0.29, 0.717) is 19.1 Å². The van der Waals surface area contributed by atoms with Crippen LogP contribution in [-0.2, 0) is 16.1 Å². The fourth-order valence-corrected chi connectivity index (χ4v) is 3.80. The van der Waals surface area contributed by atoms with Gasteiger partial charge in [0.2, 0.25) is 5.91 Å². The summed E-state index contributed by atoms with van der Waals surface area (Å²) < 4.78 is 9.83. The number of para-hydroxylation sites is 1. The number of aryl methyl sites for hydroxylation is 1. The first-order valence-corrected chi connectivity index (χ1v) is 10.1. The van der Waals surface area contributed by atoms with Crippen LogP contribution >= 0.6 is 0 Å². The van der Waals surface area contributed by atoms with E-state index in [-0.39, 0.29) is 17.9 Å². The van der Waals surface area contributed by atoms with Crippen LogP contribution in [0.1, 0.15) is 30.8 Å². The molecule has 3 atom stereocenters. The van der Waals surface area contributed by atoms with Gasteiger partial charge in [-0.3, -0.25) is 4.79 Å². The zero-order valence-corrected chi connectivity index (χ0v) is 16.9. The Bertz CT molecular complexity index is 949. The standard InChI is InChI=1S/C22H27N5O2/c1-16(14-26-10-9-23-17(26)2)12-24-22(28)20-8-11-29-21(20)18-13-25-27(15-18)19-6-4-3-5-7-19/h3-7,9-10,13,15-16,20-21H,8,11-12,14H2,1-2H3,(H,24,28)/t16?,20-,21+/m0/s1. The van der Waals surface area contributed by atoms with Crippen molar-refractivity contribution in [1.82, 2.24) is 24.6 Å². The highest BCUT2D eigenvalue weighted by Gasteiger charge is 2.36. The lowest BCUT2D eigenvalue weighted by molar-refractivity contribution is -0.127. The maximum absolute atomic E-state index is 12.8. The van der Waals surface area contributed by atoms with E-state index >= 15 is 0 Å². The van der Waals surface area contributed by atoms with Gasteiger partial charge in [0.15, 0.2) is 0 Å². The lowest BCUT2D eigenvalue weighted by atomic mass is 9.96. The molecule has 3 heterocycles. The maximum Gasteiger partial charge on any atom is 0.226 e. The van der Waals surface area contributed by atoms with E-state index in [4.69, 9.17) is 4.74 Å². The van der Waals surface area contributed by atoms with Crippen LogP contribution in [0.5, 0.6) is 0 Å². The van der Waals surface area contributed by atoms with Gasteiger partial charge in [0, 0.05) is 43.9 Å². The van der Waals surface area contributed by atoms with Crippen LogP contribution in [0.25, 0.3) is 5.69 Å². The van der Waals surface area contributed by atoms with Crippen molar-refractivity contribution in [2.24, 2.45) is 11.8 Å². The molecule has 0 spiro atoms. The van der Waals surface area contributed by atoms with Gasteiger partial charge in [-0.05, 0) is 31.4 Å². The minimum atomic E-state index is -0.251. The number of amides is 1. The summed E-state index contributed by atoms with van der Waals surface area (Å²) in [6.45, 7) is 6.17. The van der Waals surface area contributed by atoms with Crippen molar-refractivity contribution in [3.05, 3.63) is 66.5 Å². The topological polar surface area (TPSA) is 74.0 Å². The SMILES string of the molecule is Cc1nccn1CC(C)CNC(=O)[C@H]1CCO[C@@H]1c1cnn(-c2ccccc2)c1. The predicted octanol–water partition coefficient (Wildman–Crippen LogP) is 2.91. The molecule has 0 bridgehead atoms. The molecule has 152 valence electrons. The van der Waals surface area contributed by atoms with Crippen molar-refractivity contribution in [3.63, 3.8) is 0 Å². The van der Waals surface area contributed by atoms with Crippen molar-refractivity contribution in [3.8, 4) is 5.69 Å². The van der Waals surface area contributed by atoms with Crippen molar-refractivity contribution < 1.29 is 9.53 Å². The van der Waals surface area contributed by atoms with Crippen molar-refractivity contribution in [2.45, 2.75) is 32.9 Å². The molecular weight excluding hydrogens is 366 g/mol. The van der Waals surface area contributed by atoms with Gasteiger partial charge in [-0.25, -0.2) is 9.67 Å². The minimum absolute atomic E-state index is 0.0502. The fourth-order valence-electron chi connectivity index (χ4n) is 3.80. The average molecular weight is 393 g/mol. The maximum atomic E-state index is 12.8. The summed E-state index contributed by atoms with van der Waals surface area (Å²) in [6, 6.07) is 9.93. The third-order valence-corrected chi connectivity index (χ3v) is 5.44. The van der Waals surface area contributed by atoms with E-state index in [0.717, 1.165) is 30.0 Å². The van der Waals surface area contributed by atoms with Gasteiger partial charge >= 0.3 is 0 Å². The molecule has 1 aliphatic rings. The zero-order valence-electron chi connectivity index (χ0n) is 16.9. The smallest absolute Gasteiger partial charge is 0.226 e. The Balaban J connectivity index is 1.36. The van der Waals surface area contributed by atoms with Gasteiger partial charge in [0.25, 0.3) is 0 Å². The third-order valence-electron chi connectivity index (χ3n) is 5.44. The summed E-state index contributed by atoms with van der Waals surface area (Å²) in [4.78, 5) is 17.1. The first kappa shape index (κ1) is 19.4. The summed E-state index contributed by atoms with van der Waals surface area (Å²) in [7, 11) is 0. The highest BCUT2D eigenvalue weighted by atomic mass is 16.5. The fraction of sp³-hybridized carbons (Fsp3) is 0.409. The molecule has 1 saturated heterocycles. The van der Waals surface area contributed by atoms with Crippen LogP contribution in [0.2, 0.25) is 0 Å². The molecule has 1 N–H and O–H groups in total. The summed E-state index contributed by atoms with van der Waals surface area (Å²) in [6.07, 6.45) is 8.00. The number of rotatable bonds is 7. The Hall–Kier alpha value is -2.93.